The van der Waals surface area contributed by atoms with Gasteiger partial charge in [0.25, 0.3) is 5.91 Å². The van der Waals surface area contributed by atoms with Crippen LogP contribution in [-0.4, -0.2) is 31.1 Å². The van der Waals surface area contributed by atoms with Gasteiger partial charge >= 0.3 is 6.18 Å². The van der Waals surface area contributed by atoms with E-state index in [9.17, 15) is 18.0 Å². The molecule has 0 unspecified atom stereocenters. The minimum atomic E-state index is -4.49. The summed E-state index contributed by atoms with van der Waals surface area (Å²) in [6.45, 7) is 1.07. The molecule has 0 aromatic heterocycles. The Morgan fingerprint density at radius 1 is 0.933 bits per heavy atom. The van der Waals surface area contributed by atoms with Crippen LogP contribution in [0.5, 0.6) is 0 Å². The van der Waals surface area contributed by atoms with E-state index in [2.05, 4.69) is 5.32 Å². The molecule has 1 aliphatic heterocycles. The van der Waals surface area contributed by atoms with Crippen LogP contribution in [0.4, 0.5) is 24.5 Å². The summed E-state index contributed by atoms with van der Waals surface area (Å²) in [5.41, 5.74) is 1.06. The maximum atomic E-state index is 13.2. The third-order valence-corrected chi connectivity index (χ3v) is 5.40. The molecule has 0 aliphatic carbocycles. The minimum absolute atomic E-state index is 0.0351. The fourth-order valence-electron chi connectivity index (χ4n) is 3.93. The lowest BCUT2D eigenvalue weighted by molar-refractivity contribution is -0.137. The van der Waals surface area contributed by atoms with Crippen molar-refractivity contribution in [2.75, 3.05) is 30.5 Å². The zero-order valence-electron chi connectivity index (χ0n) is 16.5. The standard InChI is InChI=1S/C23H22F3N3O/c1-27-20-11-12-21(19-10-3-2-9-18(19)20)28-13-4-5-14-29(28)22(30)16-7-6-8-17(15-16)23(24,25)26/h2-3,6-12,15,27H,4-5,13-14H2,1H3. The molecule has 1 N–H and O–H groups in total. The molecule has 156 valence electrons. The molecule has 1 saturated heterocycles. The van der Waals surface area contributed by atoms with Gasteiger partial charge in [0.2, 0.25) is 0 Å². The van der Waals surface area contributed by atoms with E-state index in [0.717, 1.165) is 47.1 Å². The molecule has 0 atom stereocenters. The van der Waals surface area contributed by atoms with E-state index < -0.39 is 17.6 Å². The van der Waals surface area contributed by atoms with Gasteiger partial charge in [0.15, 0.2) is 0 Å². The number of nitrogens with one attached hydrogen (secondary N) is 1. The highest BCUT2D eigenvalue weighted by atomic mass is 19.4. The average Bonchev–Trinajstić information content (AvgIpc) is 2.77. The Balaban J connectivity index is 1.75. The van der Waals surface area contributed by atoms with Crippen LogP contribution < -0.4 is 10.3 Å². The predicted molar refractivity (Wildman–Crippen MR) is 113 cm³/mol. The number of amides is 1. The topological polar surface area (TPSA) is 35.6 Å². The summed E-state index contributed by atoms with van der Waals surface area (Å²) in [4.78, 5) is 13.2. The summed E-state index contributed by atoms with van der Waals surface area (Å²) in [6.07, 6.45) is -2.79. The maximum Gasteiger partial charge on any atom is 0.416 e. The van der Waals surface area contributed by atoms with Gasteiger partial charge in [0.1, 0.15) is 0 Å². The molecule has 1 fully saturated rings. The Hall–Kier alpha value is -3.22. The normalized spacial score (nSPS) is 14.8. The number of fused-ring (bicyclic) bond motifs is 1. The molecule has 30 heavy (non-hydrogen) atoms. The van der Waals surface area contributed by atoms with Crippen molar-refractivity contribution in [2.24, 2.45) is 0 Å². The van der Waals surface area contributed by atoms with E-state index in [4.69, 9.17) is 0 Å². The second-order valence-electron chi connectivity index (χ2n) is 7.26. The van der Waals surface area contributed by atoms with Crippen LogP contribution in [-0.2, 0) is 6.18 Å². The number of anilines is 2. The van der Waals surface area contributed by atoms with Gasteiger partial charge in [-0.05, 0) is 43.2 Å². The lowest BCUT2D eigenvalue weighted by Crippen LogP contribution is -2.50. The van der Waals surface area contributed by atoms with Crippen molar-refractivity contribution in [3.63, 3.8) is 0 Å². The monoisotopic (exact) mass is 413 g/mol. The van der Waals surface area contributed by atoms with Gasteiger partial charge in [-0.15, -0.1) is 0 Å². The van der Waals surface area contributed by atoms with Crippen molar-refractivity contribution in [2.45, 2.75) is 19.0 Å². The molecular formula is C23H22F3N3O. The fraction of sp³-hybridized carbons (Fsp3) is 0.261. The van der Waals surface area contributed by atoms with Crippen molar-refractivity contribution in [3.8, 4) is 0 Å². The highest BCUT2D eigenvalue weighted by Gasteiger charge is 2.32. The van der Waals surface area contributed by atoms with Gasteiger partial charge in [-0.2, -0.15) is 13.2 Å². The van der Waals surface area contributed by atoms with Gasteiger partial charge < -0.3 is 5.32 Å². The van der Waals surface area contributed by atoms with Crippen LogP contribution in [0.15, 0.2) is 60.7 Å². The number of alkyl halides is 3. The molecule has 1 aliphatic rings. The Morgan fingerprint density at radius 2 is 1.67 bits per heavy atom. The molecule has 7 heteroatoms. The van der Waals surface area contributed by atoms with E-state index in [1.165, 1.54) is 12.1 Å². The lowest BCUT2D eigenvalue weighted by Gasteiger charge is -2.41. The first-order valence-electron chi connectivity index (χ1n) is 9.86. The van der Waals surface area contributed by atoms with Gasteiger partial charge in [-0.3, -0.25) is 9.80 Å². The van der Waals surface area contributed by atoms with Crippen LogP contribution >= 0.6 is 0 Å². The molecule has 0 saturated carbocycles. The second kappa shape index (κ2) is 7.89. The zero-order valence-corrected chi connectivity index (χ0v) is 16.5. The van der Waals surface area contributed by atoms with E-state index in [1.54, 1.807) is 5.01 Å². The first-order valence-corrected chi connectivity index (χ1v) is 9.86. The third-order valence-electron chi connectivity index (χ3n) is 5.40. The predicted octanol–water partition coefficient (Wildman–Crippen LogP) is 5.56. The van der Waals surface area contributed by atoms with E-state index >= 15 is 0 Å². The lowest BCUT2D eigenvalue weighted by atomic mass is 10.1. The van der Waals surface area contributed by atoms with Gasteiger partial charge in [0, 0.05) is 42.2 Å². The maximum absolute atomic E-state index is 13.2. The summed E-state index contributed by atoms with van der Waals surface area (Å²) >= 11 is 0. The summed E-state index contributed by atoms with van der Waals surface area (Å²) in [7, 11) is 1.85. The smallest absolute Gasteiger partial charge is 0.388 e. The Bertz CT molecular complexity index is 1080. The number of carbonyl (C=O) groups is 1. The molecule has 0 radical (unpaired) electrons. The Morgan fingerprint density at radius 3 is 2.40 bits per heavy atom. The largest absolute Gasteiger partial charge is 0.416 e. The number of carbonyl (C=O) groups excluding carboxylic acids is 1. The summed E-state index contributed by atoms with van der Waals surface area (Å²) in [5.74, 6) is -0.428. The van der Waals surface area contributed by atoms with Gasteiger partial charge in [0.05, 0.1) is 11.3 Å². The second-order valence-corrected chi connectivity index (χ2v) is 7.26. The molecule has 0 spiro atoms. The van der Waals surface area contributed by atoms with Gasteiger partial charge in [-0.25, -0.2) is 5.01 Å². The summed E-state index contributed by atoms with van der Waals surface area (Å²) in [5, 5.41) is 8.64. The molecule has 4 rings (SSSR count). The number of hydrazine groups is 1. The summed E-state index contributed by atoms with van der Waals surface area (Å²) in [6, 6.07) is 16.4. The zero-order chi connectivity index (χ0) is 21.3. The minimum Gasteiger partial charge on any atom is -0.388 e. The molecule has 1 amide bonds. The van der Waals surface area contributed by atoms with Crippen molar-refractivity contribution < 1.29 is 18.0 Å². The quantitative estimate of drug-likeness (QED) is 0.611. The SMILES string of the molecule is CNc1ccc(N2CCCCN2C(=O)c2cccc(C(F)(F)F)c2)c2ccccc12. The van der Waals surface area contributed by atoms with Crippen molar-refractivity contribution in [1.82, 2.24) is 5.01 Å². The van der Waals surface area contributed by atoms with Crippen LogP contribution in [0.25, 0.3) is 10.8 Å². The van der Waals surface area contributed by atoms with Crippen molar-refractivity contribution in [3.05, 3.63) is 71.8 Å². The molecular weight excluding hydrogens is 391 g/mol. The van der Waals surface area contributed by atoms with Crippen LogP contribution in [0.2, 0.25) is 0 Å². The van der Waals surface area contributed by atoms with E-state index in [0.29, 0.717) is 13.1 Å². The number of halogens is 3. The van der Waals surface area contributed by atoms with Crippen LogP contribution in [0.1, 0.15) is 28.8 Å². The fourth-order valence-corrected chi connectivity index (χ4v) is 3.93. The Labute approximate surface area is 172 Å². The molecule has 3 aromatic rings. The molecule has 3 aromatic carbocycles. The average molecular weight is 413 g/mol. The van der Waals surface area contributed by atoms with Crippen molar-refractivity contribution >= 4 is 28.1 Å². The van der Waals surface area contributed by atoms with Crippen LogP contribution in [0, 0.1) is 0 Å². The number of benzene rings is 3. The third kappa shape index (κ3) is 3.67. The Kier molecular flexibility index (Phi) is 5.28. The van der Waals surface area contributed by atoms with Crippen LogP contribution in [0.3, 0.4) is 0 Å². The van der Waals surface area contributed by atoms with E-state index in [1.807, 2.05) is 48.5 Å². The van der Waals surface area contributed by atoms with E-state index in [-0.39, 0.29) is 5.56 Å². The molecule has 1 heterocycles. The van der Waals surface area contributed by atoms with Gasteiger partial charge in [-0.1, -0.05) is 30.3 Å². The molecule has 0 bridgehead atoms. The first-order chi connectivity index (χ1) is 14.4. The number of rotatable bonds is 3. The van der Waals surface area contributed by atoms with Crippen molar-refractivity contribution in [1.29, 1.82) is 0 Å². The molecule has 4 nitrogen and oxygen atoms in total. The number of nitrogens with zero attached hydrogens (tertiary/aromatic N) is 2. The summed E-state index contributed by atoms with van der Waals surface area (Å²) < 4.78 is 39.4. The first kappa shape index (κ1) is 20.1. The highest BCUT2D eigenvalue weighted by molar-refractivity contribution is 6.03. The number of hydrogen-bond donors (Lipinski definition) is 1. The number of hydrogen-bond acceptors (Lipinski definition) is 3. The highest BCUT2D eigenvalue weighted by Crippen LogP contribution is 2.35.